The Bertz CT molecular complexity index is 796. The van der Waals surface area contributed by atoms with Gasteiger partial charge < -0.3 is 5.11 Å². The van der Waals surface area contributed by atoms with Gasteiger partial charge in [0.2, 0.25) is 0 Å². The number of hydrogen-bond acceptors (Lipinski definition) is 3. The molecular weight excluding hydrogens is 355 g/mol. The Morgan fingerprint density at radius 3 is 2.65 bits per heavy atom. The number of aliphatic carboxylic acids is 1. The monoisotopic (exact) mass is 374 g/mol. The van der Waals surface area contributed by atoms with Crippen molar-refractivity contribution in [1.29, 1.82) is 0 Å². The van der Waals surface area contributed by atoms with Gasteiger partial charge in [0.05, 0.1) is 23.9 Å². The van der Waals surface area contributed by atoms with Crippen LogP contribution in [0.2, 0.25) is 5.02 Å². The second-order valence-electron chi connectivity index (χ2n) is 7.09. The highest BCUT2D eigenvalue weighted by Gasteiger charge is 2.34. The summed E-state index contributed by atoms with van der Waals surface area (Å²) in [5.74, 6) is -1.34. The maximum atomic E-state index is 13.8. The molecule has 1 saturated heterocycles. The van der Waals surface area contributed by atoms with E-state index in [1.54, 1.807) is 6.07 Å². The van der Waals surface area contributed by atoms with E-state index in [-0.39, 0.29) is 17.8 Å². The molecule has 0 radical (unpaired) electrons. The number of fused-ring (bicyclic) bond motifs is 2. The number of benzene rings is 1. The summed E-state index contributed by atoms with van der Waals surface area (Å²) in [5, 5.41) is 9.96. The number of carboxylic acid groups (broad SMARTS) is 1. The fraction of sp³-hybridized carbons (Fsp3) is 0.400. The molecular formula is C20H20ClFN2O2. The Morgan fingerprint density at radius 1 is 1.19 bits per heavy atom. The molecule has 1 aliphatic heterocycles. The molecule has 1 N–H and O–H groups in total. The molecule has 0 amide bonds. The molecule has 136 valence electrons. The Hall–Kier alpha value is -1.98. The Labute approximate surface area is 156 Å². The number of hydrogen-bond donors (Lipinski definition) is 1. The van der Waals surface area contributed by atoms with Crippen LogP contribution in [0, 0.1) is 11.7 Å². The topological polar surface area (TPSA) is 53.4 Å². The van der Waals surface area contributed by atoms with Crippen LogP contribution >= 0.6 is 11.6 Å². The molecule has 1 aliphatic carbocycles. The fourth-order valence-electron chi connectivity index (χ4n) is 4.19. The SMILES string of the molecule is O=C(O)C1CCN(C2c3ccc(Cl)cc3CCc3cc(F)cnc32)CC1. The van der Waals surface area contributed by atoms with Crippen LogP contribution in [0.4, 0.5) is 4.39 Å². The van der Waals surface area contributed by atoms with E-state index >= 15 is 0 Å². The number of aromatic nitrogens is 1. The fourth-order valence-corrected chi connectivity index (χ4v) is 4.38. The predicted octanol–water partition coefficient (Wildman–Crippen LogP) is 3.86. The minimum atomic E-state index is -0.724. The van der Waals surface area contributed by atoms with Gasteiger partial charge in [-0.05, 0) is 73.7 Å². The molecule has 0 bridgehead atoms. The lowest BCUT2D eigenvalue weighted by molar-refractivity contribution is -0.143. The quantitative estimate of drug-likeness (QED) is 0.867. The summed E-state index contributed by atoms with van der Waals surface area (Å²) in [6.45, 7) is 1.37. The average Bonchev–Trinajstić information content (AvgIpc) is 2.78. The number of halogens is 2. The summed E-state index contributed by atoms with van der Waals surface area (Å²) in [4.78, 5) is 18.0. The molecule has 26 heavy (non-hydrogen) atoms. The van der Waals surface area contributed by atoms with Gasteiger partial charge in [-0.1, -0.05) is 17.7 Å². The van der Waals surface area contributed by atoms with Crippen molar-refractivity contribution in [2.45, 2.75) is 31.7 Å². The largest absolute Gasteiger partial charge is 0.481 e. The molecule has 0 spiro atoms. The smallest absolute Gasteiger partial charge is 0.306 e. The van der Waals surface area contributed by atoms with Crippen molar-refractivity contribution in [3.8, 4) is 0 Å². The molecule has 2 aromatic rings. The number of piperidine rings is 1. The zero-order chi connectivity index (χ0) is 18.3. The lowest BCUT2D eigenvalue weighted by atomic mass is 9.91. The molecule has 1 unspecified atom stereocenters. The minimum Gasteiger partial charge on any atom is -0.481 e. The molecule has 0 saturated carbocycles. The van der Waals surface area contributed by atoms with Gasteiger partial charge in [0.1, 0.15) is 5.82 Å². The van der Waals surface area contributed by atoms with Crippen LogP contribution in [-0.4, -0.2) is 34.0 Å². The summed E-state index contributed by atoms with van der Waals surface area (Å²) in [7, 11) is 0. The highest BCUT2D eigenvalue weighted by molar-refractivity contribution is 6.30. The summed E-state index contributed by atoms with van der Waals surface area (Å²) in [6, 6.07) is 7.38. The van der Waals surface area contributed by atoms with Gasteiger partial charge in [0.15, 0.2) is 0 Å². The van der Waals surface area contributed by atoms with Gasteiger partial charge in [-0.25, -0.2) is 4.39 Å². The first-order chi connectivity index (χ1) is 12.5. The van der Waals surface area contributed by atoms with Crippen LogP contribution in [0.25, 0.3) is 0 Å². The van der Waals surface area contributed by atoms with Crippen molar-refractivity contribution >= 4 is 17.6 Å². The standard InChI is InChI=1S/C20H20ClFN2O2/c21-15-3-4-17-13(9-15)1-2-14-10-16(22)11-23-18(14)19(17)24-7-5-12(6-8-24)20(25)26/h3-4,9-12,19H,1-2,5-8H2,(H,25,26). The van der Waals surface area contributed by atoms with Crippen molar-refractivity contribution in [3.05, 3.63) is 63.7 Å². The van der Waals surface area contributed by atoms with Crippen molar-refractivity contribution in [3.63, 3.8) is 0 Å². The van der Waals surface area contributed by atoms with Crippen molar-refractivity contribution in [2.75, 3.05) is 13.1 Å². The summed E-state index contributed by atoms with van der Waals surface area (Å²) in [5.41, 5.74) is 4.09. The summed E-state index contributed by atoms with van der Waals surface area (Å²) in [6.07, 6.45) is 4.01. The number of nitrogens with zero attached hydrogens (tertiary/aromatic N) is 2. The first-order valence-corrected chi connectivity index (χ1v) is 9.30. The molecule has 4 nitrogen and oxygen atoms in total. The van der Waals surface area contributed by atoms with E-state index in [2.05, 4.69) is 9.88 Å². The average molecular weight is 375 g/mol. The number of aryl methyl sites for hydroxylation is 2. The molecule has 1 aromatic carbocycles. The van der Waals surface area contributed by atoms with Gasteiger partial charge in [-0.2, -0.15) is 0 Å². The maximum Gasteiger partial charge on any atom is 0.306 e. The predicted molar refractivity (Wildman–Crippen MR) is 96.8 cm³/mol. The lowest BCUT2D eigenvalue weighted by Crippen LogP contribution is -2.39. The van der Waals surface area contributed by atoms with Gasteiger partial charge in [0, 0.05) is 5.02 Å². The molecule has 1 fully saturated rings. The van der Waals surface area contributed by atoms with E-state index in [1.807, 2.05) is 18.2 Å². The van der Waals surface area contributed by atoms with Crippen molar-refractivity contribution < 1.29 is 14.3 Å². The molecule has 1 aromatic heterocycles. The van der Waals surface area contributed by atoms with Crippen LogP contribution in [0.1, 0.15) is 41.3 Å². The van der Waals surface area contributed by atoms with Gasteiger partial charge in [-0.3, -0.25) is 14.7 Å². The highest BCUT2D eigenvalue weighted by Crippen LogP contribution is 2.38. The number of rotatable bonds is 2. The van der Waals surface area contributed by atoms with E-state index in [9.17, 15) is 14.3 Å². The van der Waals surface area contributed by atoms with E-state index in [4.69, 9.17) is 11.6 Å². The van der Waals surface area contributed by atoms with E-state index in [1.165, 1.54) is 6.20 Å². The third-order valence-corrected chi connectivity index (χ3v) is 5.77. The van der Waals surface area contributed by atoms with Gasteiger partial charge >= 0.3 is 5.97 Å². The zero-order valence-electron chi connectivity index (χ0n) is 14.3. The second-order valence-corrected chi connectivity index (χ2v) is 7.53. The number of carboxylic acids is 1. The number of carbonyl (C=O) groups is 1. The maximum absolute atomic E-state index is 13.8. The van der Waals surface area contributed by atoms with E-state index < -0.39 is 5.97 Å². The van der Waals surface area contributed by atoms with Crippen LogP contribution < -0.4 is 0 Å². The lowest BCUT2D eigenvalue weighted by Gasteiger charge is -2.37. The zero-order valence-corrected chi connectivity index (χ0v) is 15.0. The van der Waals surface area contributed by atoms with Crippen LogP contribution in [0.15, 0.2) is 30.5 Å². The third-order valence-electron chi connectivity index (χ3n) is 5.53. The Morgan fingerprint density at radius 2 is 1.92 bits per heavy atom. The number of likely N-dealkylation sites (tertiary alicyclic amines) is 1. The summed E-state index contributed by atoms with van der Waals surface area (Å²) >= 11 is 6.20. The molecule has 1 atom stereocenters. The highest BCUT2D eigenvalue weighted by atomic mass is 35.5. The first-order valence-electron chi connectivity index (χ1n) is 8.92. The molecule has 4 rings (SSSR count). The normalized spacial score (nSPS) is 20.9. The molecule has 6 heteroatoms. The van der Waals surface area contributed by atoms with Crippen molar-refractivity contribution in [2.24, 2.45) is 5.92 Å². The minimum absolute atomic E-state index is 0.0879. The summed E-state index contributed by atoms with van der Waals surface area (Å²) < 4.78 is 13.8. The van der Waals surface area contributed by atoms with Crippen LogP contribution in [-0.2, 0) is 17.6 Å². The van der Waals surface area contributed by atoms with Gasteiger partial charge in [-0.15, -0.1) is 0 Å². The second kappa shape index (κ2) is 6.97. The van der Waals surface area contributed by atoms with Crippen molar-refractivity contribution in [1.82, 2.24) is 9.88 Å². The number of pyridine rings is 1. The third kappa shape index (κ3) is 3.21. The Balaban J connectivity index is 1.76. The molecule has 2 heterocycles. The van der Waals surface area contributed by atoms with Crippen LogP contribution in [0.5, 0.6) is 0 Å². The first kappa shape index (κ1) is 17.4. The van der Waals surface area contributed by atoms with Crippen LogP contribution in [0.3, 0.4) is 0 Å². The van der Waals surface area contributed by atoms with E-state index in [0.29, 0.717) is 31.0 Å². The van der Waals surface area contributed by atoms with E-state index in [0.717, 1.165) is 35.2 Å². The molecule has 2 aliphatic rings. The Kier molecular flexibility index (Phi) is 4.67. The van der Waals surface area contributed by atoms with Gasteiger partial charge in [0.25, 0.3) is 0 Å².